The number of fused-ring (bicyclic) bond motifs is 3. The van der Waals surface area contributed by atoms with Gasteiger partial charge in [-0.2, -0.15) is 0 Å². The molecule has 0 aromatic heterocycles. The van der Waals surface area contributed by atoms with Gasteiger partial charge in [-0.05, 0) is 13.8 Å². The van der Waals surface area contributed by atoms with E-state index < -0.39 is 41.6 Å². The van der Waals surface area contributed by atoms with Crippen LogP contribution in [0.15, 0.2) is 23.8 Å². The van der Waals surface area contributed by atoms with Crippen molar-refractivity contribution in [2.45, 2.75) is 58.0 Å². The van der Waals surface area contributed by atoms with Gasteiger partial charge in [-0.1, -0.05) is 18.2 Å². The standard InChI is InChI=1S/C20H26O7/c1-9-7-13(24-6)17-15(9)18-16(10(2)19(23)26-18)14(25-11(3)21)8-20(17,5)27-12(4)22/h7,13-18H,2,8H2,1,3-6H3/t13-,14-,15?,16+,17?,18+,20+/m0/s1. The highest BCUT2D eigenvalue weighted by atomic mass is 16.6. The monoisotopic (exact) mass is 378 g/mol. The maximum atomic E-state index is 12.3. The molecule has 148 valence electrons. The number of esters is 3. The summed E-state index contributed by atoms with van der Waals surface area (Å²) in [7, 11) is 1.59. The Morgan fingerprint density at radius 3 is 2.48 bits per heavy atom. The van der Waals surface area contributed by atoms with Gasteiger partial charge in [0.15, 0.2) is 0 Å². The van der Waals surface area contributed by atoms with Crippen molar-refractivity contribution >= 4 is 17.9 Å². The summed E-state index contributed by atoms with van der Waals surface area (Å²) in [6, 6.07) is 0. The topological polar surface area (TPSA) is 88.1 Å². The largest absolute Gasteiger partial charge is 0.462 e. The maximum Gasteiger partial charge on any atom is 0.334 e. The van der Waals surface area contributed by atoms with Gasteiger partial charge in [0.1, 0.15) is 17.8 Å². The Balaban J connectivity index is 2.14. The molecule has 0 aromatic carbocycles. The van der Waals surface area contributed by atoms with E-state index >= 15 is 0 Å². The van der Waals surface area contributed by atoms with Crippen LogP contribution in [-0.4, -0.2) is 48.9 Å². The third kappa shape index (κ3) is 3.18. The summed E-state index contributed by atoms with van der Waals surface area (Å²) in [4.78, 5) is 35.9. The number of hydrogen-bond acceptors (Lipinski definition) is 7. The van der Waals surface area contributed by atoms with E-state index in [0.29, 0.717) is 0 Å². The average molecular weight is 378 g/mol. The average Bonchev–Trinajstić information content (AvgIpc) is 2.99. The van der Waals surface area contributed by atoms with Crippen LogP contribution in [0.25, 0.3) is 0 Å². The minimum atomic E-state index is -0.970. The van der Waals surface area contributed by atoms with Crippen LogP contribution >= 0.6 is 0 Å². The molecular weight excluding hydrogens is 352 g/mol. The van der Waals surface area contributed by atoms with Crippen LogP contribution in [0, 0.1) is 17.8 Å². The number of ether oxygens (including phenoxy) is 4. The number of carbonyl (C=O) groups is 3. The van der Waals surface area contributed by atoms with Crippen molar-refractivity contribution in [2.24, 2.45) is 17.8 Å². The first-order valence-corrected chi connectivity index (χ1v) is 9.06. The number of methoxy groups -OCH3 is 1. The molecule has 2 fully saturated rings. The Morgan fingerprint density at radius 2 is 1.93 bits per heavy atom. The summed E-state index contributed by atoms with van der Waals surface area (Å²) >= 11 is 0. The SMILES string of the molecule is C=C1C(=O)O[C@@H]2C3C(C)=C[C@H](OC)C3[C@](C)(OC(C)=O)C[C@H](OC(C)=O)[C@@H]12. The molecular formula is C20H26O7. The lowest BCUT2D eigenvalue weighted by atomic mass is 9.75. The number of carbonyl (C=O) groups excluding carboxylic acids is 3. The molecule has 27 heavy (non-hydrogen) atoms. The van der Waals surface area contributed by atoms with Gasteiger partial charge in [-0.25, -0.2) is 4.79 Å². The molecule has 0 radical (unpaired) electrons. The molecule has 1 heterocycles. The predicted molar refractivity (Wildman–Crippen MR) is 94.4 cm³/mol. The fraction of sp³-hybridized carbons (Fsp3) is 0.650. The van der Waals surface area contributed by atoms with Gasteiger partial charge >= 0.3 is 17.9 Å². The van der Waals surface area contributed by atoms with Crippen molar-refractivity contribution in [3.63, 3.8) is 0 Å². The Morgan fingerprint density at radius 1 is 1.26 bits per heavy atom. The van der Waals surface area contributed by atoms with Crippen LogP contribution in [-0.2, 0) is 33.3 Å². The highest BCUT2D eigenvalue weighted by Gasteiger charge is 2.62. The van der Waals surface area contributed by atoms with Crippen LogP contribution in [0.1, 0.15) is 34.1 Å². The van der Waals surface area contributed by atoms with Crippen molar-refractivity contribution in [1.29, 1.82) is 0 Å². The molecule has 2 aliphatic carbocycles. The molecule has 7 atom stereocenters. The van der Waals surface area contributed by atoms with E-state index in [1.165, 1.54) is 13.8 Å². The van der Waals surface area contributed by atoms with E-state index in [0.717, 1.165) is 5.57 Å². The Hall–Kier alpha value is -2.15. The number of rotatable bonds is 3. The highest BCUT2D eigenvalue weighted by molar-refractivity contribution is 5.91. The summed E-state index contributed by atoms with van der Waals surface area (Å²) in [5.74, 6) is -2.39. The molecule has 1 aliphatic heterocycles. The summed E-state index contributed by atoms with van der Waals surface area (Å²) in [6.07, 6.45) is 0.656. The molecule has 0 amide bonds. The Kier molecular flexibility index (Phi) is 4.93. The highest BCUT2D eigenvalue weighted by Crippen LogP contribution is 2.54. The van der Waals surface area contributed by atoms with E-state index in [4.69, 9.17) is 18.9 Å². The summed E-state index contributed by atoms with van der Waals surface area (Å²) in [5, 5.41) is 0. The molecule has 1 saturated carbocycles. The van der Waals surface area contributed by atoms with E-state index in [-0.39, 0.29) is 29.9 Å². The predicted octanol–water partition coefficient (Wildman–Crippen LogP) is 1.95. The fourth-order valence-electron chi connectivity index (χ4n) is 5.14. The first kappa shape index (κ1) is 19.6. The molecule has 1 saturated heterocycles. The lowest BCUT2D eigenvalue weighted by Gasteiger charge is -2.40. The zero-order valence-electron chi connectivity index (χ0n) is 16.3. The second-order valence-corrected chi connectivity index (χ2v) is 7.84. The van der Waals surface area contributed by atoms with E-state index in [2.05, 4.69) is 6.58 Å². The molecule has 0 N–H and O–H groups in total. The summed E-state index contributed by atoms with van der Waals surface area (Å²) < 4.78 is 22.7. The zero-order chi connectivity index (χ0) is 20.1. The van der Waals surface area contributed by atoms with E-state index in [9.17, 15) is 14.4 Å². The van der Waals surface area contributed by atoms with Crippen molar-refractivity contribution in [2.75, 3.05) is 7.11 Å². The van der Waals surface area contributed by atoms with Crippen molar-refractivity contribution in [3.8, 4) is 0 Å². The van der Waals surface area contributed by atoms with Crippen LogP contribution in [0.5, 0.6) is 0 Å². The first-order chi connectivity index (χ1) is 12.6. The first-order valence-electron chi connectivity index (χ1n) is 9.06. The molecule has 7 nitrogen and oxygen atoms in total. The van der Waals surface area contributed by atoms with Crippen LogP contribution in [0.4, 0.5) is 0 Å². The van der Waals surface area contributed by atoms with Gasteiger partial charge < -0.3 is 18.9 Å². The molecule has 3 rings (SSSR count). The second-order valence-electron chi connectivity index (χ2n) is 7.84. The molecule has 0 aromatic rings. The maximum absolute atomic E-state index is 12.3. The van der Waals surface area contributed by atoms with Gasteiger partial charge in [0.2, 0.25) is 0 Å². The van der Waals surface area contributed by atoms with Crippen LogP contribution in [0.2, 0.25) is 0 Å². The van der Waals surface area contributed by atoms with Gasteiger partial charge in [0.25, 0.3) is 0 Å². The molecule has 0 bridgehead atoms. The third-order valence-corrected chi connectivity index (χ3v) is 5.99. The van der Waals surface area contributed by atoms with E-state index in [1.807, 2.05) is 19.9 Å². The van der Waals surface area contributed by atoms with Gasteiger partial charge in [-0.3, -0.25) is 9.59 Å². The van der Waals surface area contributed by atoms with E-state index in [1.54, 1.807) is 7.11 Å². The fourth-order valence-corrected chi connectivity index (χ4v) is 5.14. The third-order valence-electron chi connectivity index (χ3n) is 5.99. The summed E-state index contributed by atoms with van der Waals surface area (Å²) in [6.45, 7) is 10.3. The van der Waals surface area contributed by atoms with Gasteiger partial charge in [0, 0.05) is 44.8 Å². The molecule has 3 aliphatic rings. The van der Waals surface area contributed by atoms with Crippen LogP contribution < -0.4 is 0 Å². The second kappa shape index (κ2) is 6.78. The molecule has 0 spiro atoms. The molecule has 2 unspecified atom stereocenters. The Bertz CT molecular complexity index is 724. The van der Waals surface area contributed by atoms with Gasteiger partial charge in [0.05, 0.1) is 12.0 Å². The lowest BCUT2D eigenvalue weighted by Crippen LogP contribution is -2.48. The normalized spacial score (nSPS) is 40.4. The van der Waals surface area contributed by atoms with Crippen molar-refractivity contribution in [1.82, 2.24) is 0 Å². The van der Waals surface area contributed by atoms with Crippen molar-refractivity contribution in [3.05, 3.63) is 23.8 Å². The molecule has 7 heteroatoms. The number of hydrogen-bond donors (Lipinski definition) is 0. The zero-order valence-corrected chi connectivity index (χ0v) is 16.3. The minimum absolute atomic E-state index is 0.227. The quantitative estimate of drug-likeness (QED) is 0.321. The van der Waals surface area contributed by atoms with Crippen LogP contribution in [0.3, 0.4) is 0 Å². The Labute approximate surface area is 158 Å². The summed E-state index contributed by atoms with van der Waals surface area (Å²) in [5.41, 5.74) is 0.305. The lowest BCUT2D eigenvalue weighted by molar-refractivity contribution is -0.175. The van der Waals surface area contributed by atoms with Gasteiger partial charge in [-0.15, -0.1) is 0 Å². The minimum Gasteiger partial charge on any atom is -0.462 e. The smallest absolute Gasteiger partial charge is 0.334 e. The van der Waals surface area contributed by atoms with Crippen molar-refractivity contribution < 1.29 is 33.3 Å².